The first-order chi connectivity index (χ1) is 13.5. The normalized spacial score (nSPS) is 12.1. The number of imidazole rings is 1. The van der Waals surface area contributed by atoms with Crippen molar-refractivity contribution in [3.8, 4) is 11.3 Å². The van der Waals surface area contributed by atoms with Gasteiger partial charge in [-0.25, -0.2) is 4.98 Å². The van der Waals surface area contributed by atoms with Crippen molar-refractivity contribution in [3.63, 3.8) is 0 Å². The number of nitrogens with one attached hydrogen (secondary N) is 2. The molecule has 1 atom stereocenters. The first kappa shape index (κ1) is 17.9. The number of aromatic nitrogens is 3. The first-order valence-corrected chi connectivity index (χ1v) is 9.30. The Hall–Kier alpha value is -3.47. The Labute approximate surface area is 163 Å². The number of hydrogen-bond acceptors (Lipinski definition) is 3. The molecule has 0 saturated heterocycles. The van der Waals surface area contributed by atoms with Crippen molar-refractivity contribution >= 4 is 16.8 Å². The Morgan fingerprint density at radius 1 is 1.07 bits per heavy atom. The number of benzene rings is 2. The summed E-state index contributed by atoms with van der Waals surface area (Å²) in [7, 11) is 0. The lowest BCUT2D eigenvalue weighted by Gasteiger charge is -2.13. The van der Waals surface area contributed by atoms with Gasteiger partial charge in [0.15, 0.2) is 0 Å². The van der Waals surface area contributed by atoms with E-state index >= 15 is 0 Å². The van der Waals surface area contributed by atoms with Gasteiger partial charge in [0.05, 0.1) is 34.7 Å². The molecule has 4 aromatic rings. The number of carbonyl (C=O) groups excluding carboxylic acids is 1. The molecule has 0 aliphatic rings. The highest BCUT2D eigenvalue weighted by Crippen LogP contribution is 2.21. The minimum Gasteiger partial charge on any atom is -0.342 e. The molecule has 1 amide bonds. The Morgan fingerprint density at radius 2 is 1.86 bits per heavy atom. The van der Waals surface area contributed by atoms with Crippen LogP contribution in [0.25, 0.3) is 22.2 Å². The van der Waals surface area contributed by atoms with Crippen molar-refractivity contribution in [3.05, 3.63) is 83.4 Å². The fourth-order valence-electron chi connectivity index (χ4n) is 3.27. The van der Waals surface area contributed by atoms with E-state index in [1.165, 1.54) is 0 Å². The Morgan fingerprint density at radius 3 is 2.64 bits per heavy atom. The van der Waals surface area contributed by atoms with E-state index < -0.39 is 0 Å². The van der Waals surface area contributed by atoms with Crippen LogP contribution in [0.3, 0.4) is 0 Å². The van der Waals surface area contributed by atoms with Crippen molar-refractivity contribution < 1.29 is 4.79 Å². The van der Waals surface area contributed by atoms with Gasteiger partial charge in [0, 0.05) is 5.39 Å². The molecule has 1 unspecified atom stereocenters. The van der Waals surface area contributed by atoms with E-state index in [2.05, 4.69) is 20.3 Å². The molecular weight excluding hydrogens is 348 g/mol. The Bertz CT molecular complexity index is 1150. The van der Waals surface area contributed by atoms with Crippen LogP contribution >= 0.6 is 0 Å². The zero-order valence-corrected chi connectivity index (χ0v) is 16.2. The molecule has 28 heavy (non-hydrogen) atoms. The van der Waals surface area contributed by atoms with Crippen LogP contribution in [-0.2, 0) is 0 Å². The lowest BCUT2D eigenvalue weighted by molar-refractivity contribution is 0.0937. The highest BCUT2D eigenvalue weighted by molar-refractivity contribution is 5.98. The fraction of sp³-hybridized carbons (Fsp3) is 0.174. The maximum absolute atomic E-state index is 12.8. The lowest BCUT2D eigenvalue weighted by Crippen LogP contribution is -2.28. The van der Waals surface area contributed by atoms with E-state index in [9.17, 15) is 4.79 Å². The summed E-state index contributed by atoms with van der Waals surface area (Å²) in [4.78, 5) is 25.2. The number of carbonyl (C=O) groups is 1. The van der Waals surface area contributed by atoms with Crippen LogP contribution < -0.4 is 5.32 Å². The molecule has 0 aliphatic heterocycles. The monoisotopic (exact) mass is 370 g/mol. The molecule has 5 nitrogen and oxygen atoms in total. The lowest BCUT2D eigenvalue weighted by atomic mass is 10.1. The van der Waals surface area contributed by atoms with E-state index in [4.69, 9.17) is 0 Å². The smallest absolute Gasteiger partial charge is 0.253 e. The quantitative estimate of drug-likeness (QED) is 0.545. The van der Waals surface area contributed by atoms with Crippen molar-refractivity contribution in [2.24, 2.45) is 0 Å². The number of aromatic amines is 1. The molecule has 0 radical (unpaired) electrons. The zero-order chi connectivity index (χ0) is 19.7. The summed E-state index contributed by atoms with van der Waals surface area (Å²) in [6.07, 6.45) is 1.79. The molecule has 2 N–H and O–H groups in total. The van der Waals surface area contributed by atoms with E-state index in [1.807, 2.05) is 75.4 Å². The van der Waals surface area contributed by atoms with Crippen molar-refractivity contribution in [2.45, 2.75) is 26.8 Å². The van der Waals surface area contributed by atoms with E-state index in [0.717, 1.165) is 27.7 Å². The van der Waals surface area contributed by atoms with Crippen molar-refractivity contribution in [1.29, 1.82) is 0 Å². The number of nitrogens with zero attached hydrogens (tertiary/aromatic N) is 2. The molecule has 2 aromatic heterocycles. The second kappa shape index (κ2) is 7.27. The van der Waals surface area contributed by atoms with Gasteiger partial charge in [-0.3, -0.25) is 9.78 Å². The highest BCUT2D eigenvalue weighted by Gasteiger charge is 2.17. The van der Waals surface area contributed by atoms with Crippen LogP contribution in [0.5, 0.6) is 0 Å². The number of fused-ring (bicyclic) bond motifs is 1. The number of amides is 1. The Balaban J connectivity index is 1.55. The predicted molar refractivity (Wildman–Crippen MR) is 111 cm³/mol. The second-order valence-corrected chi connectivity index (χ2v) is 7.06. The average Bonchev–Trinajstić information content (AvgIpc) is 3.18. The van der Waals surface area contributed by atoms with Gasteiger partial charge in [0.2, 0.25) is 0 Å². The van der Waals surface area contributed by atoms with Gasteiger partial charge in [0.1, 0.15) is 5.82 Å². The molecule has 0 aliphatic carbocycles. The number of rotatable bonds is 4. The average molecular weight is 370 g/mol. The number of pyridine rings is 1. The maximum atomic E-state index is 12.8. The van der Waals surface area contributed by atoms with Gasteiger partial charge >= 0.3 is 0 Å². The summed E-state index contributed by atoms with van der Waals surface area (Å²) in [5, 5.41) is 3.98. The fourth-order valence-corrected chi connectivity index (χ4v) is 3.27. The SMILES string of the molecule is Cc1ccc2cc(C(=O)NC(C)c3ncc(-c4ccccc4)[nH]3)c(C)nc2c1. The van der Waals surface area contributed by atoms with Crippen molar-refractivity contribution in [1.82, 2.24) is 20.3 Å². The van der Waals surface area contributed by atoms with Crippen LogP contribution in [0.4, 0.5) is 0 Å². The topological polar surface area (TPSA) is 70.7 Å². The molecule has 4 rings (SSSR count). The van der Waals surface area contributed by atoms with Crippen molar-refractivity contribution in [2.75, 3.05) is 0 Å². The molecule has 0 spiro atoms. The molecule has 0 bridgehead atoms. The molecule has 0 saturated carbocycles. The molecule has 140 valence electrons. The number of H-pyrrole nitrogens is 1. The number of hydrogen-bond donors (Lipinski definition) is 2. The maximum Gasteiger partial charge on any atom is 0.253 e. The molecule has 0 fully saturated rings. The summed E-state index contributed by atoms with van der Waals surface area (Å²) < 4.78 is 0. The largest absolute Gasteiger partial charge is 0.342 e. The second-order valence-electron chi connectivity index (χ2n) is 7.06. The standard InChI is InChI=1S/C23H22N4O/c1-14-9-10-18-12-19(15(2)25-20(18)11-14)23(28)26-16(3)22-24-13-21(27-22)17-7-5-4-6-8-17/h4-13,16H,1-3H3,(H,24,27)(H,26,28). The molecule has 2 heterocycles. The van der Waals surface area contributed by atoms with Gasteiger partial charge in [-0.2, -0.15) is 0 Å². The van der Waals surface area contributed by atoms with Gasteiger partial charge in [-0.1, -0.05) is 42.5 Å². The molecule has 5 heteroatoms. The predicted octanol–water partition coefficient (Wildman–Crippen LogP) is 4.73. The number of aryl methyl sites for hydroxylation is 2. The van der Waals surface area contributed by atoms with Crippen LogP contribution in [0.2, 0.25) is 0 Å². The third-order valence-corrected chi connectivity index (χ3v) is 4.85. The zero-order valence-electron chi connectivity index (χ0n) is 16.2. The first-order valence-electron chi connectivity index (χ1n) is 9.30. The minimum atomic E-state index is -0.252. The highest BCUT2D eigenvalue weighted by atomic mass is 16.1. The van der Waals surface area contributed by atoms with E-state index in [0.29, 0.717) is 17.1 Å². The summed E-state index contributed by atoms with van der Waals surface area (Å²) in [5.41, 5.74) is 5.34. The third-order valence-electron chi connectivity index (χ3n) is 4.85. The van der Waals surface area contributed by atoms with Gasteiger partial charge < -0.3 is 10.3 Å². The Kier molecular flexibility index (Phi) is 4.65. The van der Waals surface area contributed by atoms with Crippen LogP contribution in [0.15, 0.2) is 60.8 Å². The third kappa shape index (κ3) is 3.51. The van der Waals surface area contributed by atoms with Gasteiger partial charge in [-0.05, 0) is 44.0 Å². The molecular formula is C23H22N4O. The van der Waals surface area contributed by atoms with Gasteiger partial charge in [0.25, 0.3) is 5.91 Å². The summed E-state index contributed by atoms with van der Waals surface area (Å²) in [6, 6.07) is 17.7. The van der Waals surface area contributed by atoms with Crippen LogP contribution in [-0.4, -0.2) is 20.9 Å². The minimum absolute atomic E-state index is 0.155. The van der Waals surface area contributed by atoms with Gasteiger partial charge in [-0.15, -0.1) is 0 Å². The van der Waals surface area contributed by atoms with E-state index in [-0.39, 0.29) is 11.9 Å². The summed E-state index contributed by atoms with van der Waals surface area (Å²) >= 11 is 0. The van der Waals surface area contributed by atoms with E-state index in [1.54, 1.807) is 6.20 Å². The van der Waals surface area contributed by atoms with Crippen LogP contribution in [0.1, 0.15) is 40.4 Å². The molecule has 2 aromatic carbocycles. The summed E-state index contributed by atoms with van der Waals surface area (Å²) in [5.74, 6) is 0.562. The summed E-state index contributed by atoms with van der Waals surface area (Å²) in [6.45, 7) is 5.81. The van der Waals surface area contributed by atoms with Crippen LogP contribution in [0, 0.1) is 13.8 Å².